The molecule has 0 aliphatic carbocycles. The number of ether oxygens (including phenoxy) is 1. The normalized spacial score (nSPS) is 18.8. The standard InChI is InChI=1S/C19H25N3O3S/c1-21(2)26(23,24)22-13-5-6-16(14-22)19-8-4-7-18(20-19)15-9-11-17(25-3)12-10-15/h4,7-12,16H,5-6,13-14H2,1-3H3/t16-/m1/s1. The first-order valence-corrected chi connectivity index (χ1v) is 10.1. The molecule has 26 heavy (non-hydrogen) atoms. The molecular weight excluding hydrogens is 350 g/mol. The van der Waals surface area contributed by atoms with E-state index in [0.717, 1.165) is 35.5 Å². The maximum Gasteiger partial charge on any atom is 0.281 e. The number of piperidine rings is 1. The van der Waals surface area contributed by atoms with Crippen LogP contribution in [0.3, 0.4) is 0 Å². The molecule has 1 fully saturated rings. The Morgan fingerprint density at radius 3 is 2.54 bits per heavy atom. The van der Waals surface area contributed by atoms with Gasteiger partial charge in [-0.25, -0.2) is 0 Å². The molecule has 0 unspecified atom stereocenters. The predicted molar refractivity (Wildman–Crippen MR) is 102 cm³/mol. The van der Waals surface area contributed by atoms with Crippen molar-refractivity contribution in [2.24, 2.45) is 0 Å². The van der Waals surface area contributed by atoms with Crippen molar-refractivity contribution in [2.45, 2.75) is 18.8 Å². The third-order valence-corrected chi connectivity index (χ3v) is 6.65. The van der Waals surface area contributed by atoms with Crippen LogP contribution >= 0.6 is 0 Å². The second-order valence-corrected chi connectivity index (χ2v) is 8.81. The molecule has 1 aliphatic heterocycles. The lowest BCUT2D eigenvalue weighted by atomic mass is 9.95. The smallest absolute Gasteiger partial charge is 0.281 e. The van der Waals surface area contributed by atoms with Crippen LogP contribution in [0, 0.1) is 0 Å². The van der Waals surface area contributed by atoms with Crippen molar-refractivity contribution in [1.82, 2.24) is 13.6 Å². The lowest BCUT2D eigenvalue weighted by Gasteiger charge is -2.33. The van der Waals surface area contributed by atoms with E-state index in [1.807, 2.05) is 42.5 Å². The number of rotatable bonds is 5. The fraction of sp³-hybridized carbons (Fsp3) is 0.421. The summed E-state index contributed by atoms with van der Waals surface area (Å²) in [6.45, 7) is 1.04. The lowest BCUT2D eigenvalue weighted by molar-refractivity contribution is 0.296. The lowest BCUT2D eigenvalue weighted by Crippen LogP contribution is -2.45. The molecule has 1 aromatic carbocycles. The van der Waals surface area contributed by atoms with Crippen molar-refractivity contribution in [3.05, 3.63) is 48.2 Å². The van der Waals surface area contributed by atoms with Gasteiger partial charge in [0, 0.05) is 44.4 Å². The highest BCUT2D eigenvalue weighted by Crippen LogP contribution is 2.29. The molecule has 140 valence electrons. The molecule has 3 rings (SSSR count). The van der Waals surface area contributed by atoms with Crippen LogP contribution in [0.25, 0.3) is 11.3 Å². The van der Waals surface area contributed by atoms with Gasteiger partial charge in [-0.05, 0) is 49.2 Å². The van der Waals surface area contributed by atoms with Crippen LogP contribution in [-0.2, 0) is 10.2 Å². The Morgan fingerprint density at radius 1 is 1.15 bits per heavy atom. The fourth-order valence-electron chi connectivity index (χ4n) is 3.23. The van der Waals surface area contributed by atoms with Crippen LogP contribution in [0.1, 0.15) is 24.5 Å². The minimum Gasteiger partial charge on any atom is -0.497 e. The van der Waals surface area contributed by atoms with Crippen LogP contribution in [-0.4, -0.2) is 56.3 Å². The molecule has 0 N–H and O–H groups in total. The van der Waals surface area contributed by atoms with Gasteiger partial charge in [-0.1, -0.05) is 6.07 Å². The van der Waals surface area contributed by atoms with Gasteiger partial charge in [-0.2, -0.15) is 17.0 Å². The summed E-state index contributed by atoms with van der Waals surface area (Å²) in [5, 5.41) is 0. The van der Waals surface area contributed by atoms with Crippen molar-refractivity contribution < 1.29 is 13.2 Å². The number of methoxy groups -OCH3 is 1. The summed E-state index contributed by atoms with van der Waals surface area (Å²) < 4.78 is 32.9. The second-order valence-electron chi connectivity index (χ2n) is 6.66. The number of hydrogen-bond donors (Lipinski definition) is 0. The van der Waals surface area contributed by atoms with Crippen LogP contribution in [0.15, 0.2) is 42.5 Å². The topological polar surface area (TPSA) is 62.7 Å². The van der Waals surface area contributed by atoms with Crippen LogP contribution < -0.4 is 4.74 Å². The van der Waals surface area contributed by atoms with E-state index in [9.17, 15) is 8.42 Å². The molecule has 0 spiro atoms. The average Bonchev–Trinajstić information content (AvgIpc) is 2.68. The average molecular weight is 375 g/mol. The van der Waals surface area contributed by atoms with Gasteiger partial charge < -0.3 is 4.74 Å². The number of nitrogens with zero attached hydrogens (tertiary/aromatic N) is 3. The molecule has 1 saturated heterocycles. The number of pyridine rings is 1. The van der Waals surface area contributed by atoms with Gasteiger partial charge >= 0.3 is 0 Å². The third kappa shape index (κ3) is 3.90. The fourth-order valence-corrected chi connectivity index (χ4v) is 4.42. The minimum atomic E-state index is -3.39. The van der Waals surface area contributed by atoms with E-state index in [1.54, 1.807) is 25.5 Å². The minimum absolute atomic E-state index is 0.108. The third-order valence-electron chi connectivity index (χ3n) is 4.75. The van der Waals surface area contributed by atoms with Gasteiger partial charge in [-0.15, -0.1) is 0 Å². The summed E-state index contributed by atoms with van der Waals surface area (Å²) in [6.07, 6.45) is 1.78. The van der Waals surface area contributed by atoms with E-state index < -0.39 is 10.2 Å². The largest absolute Gasteiger partial charge is 0.497 e. The van der Waals surface area contributed by atoms with E-state index in [1.165, 1.54) is 4.31 Å². The Hall–Kier alpha value is -1.96. The van der Waals surface area contributed by atoms with Crippen LogP contribution in [0.5, 0.6) is 5.75 Å². The summed E-state index contributed by atoms with van der Waals surface area (Å²) in [7, 11) is 1.40. The van der Waals surface area contributed by atoms with E-state index >= 15 is 0 Å². The first-order valence-electron chi connectivity index (χ1n) is 8.71. The molecule has 0 radical (unpaired) electrons. The highest BCUT2D eigenvalue weighted by atomic mass is 32.2. The molecule has 0 amide bonds. The molecule has 2 aromatic rings. The summed E-state index contributed by atoms with van der Waals surface area (Å²) in [5.74, 6) is 0.915. The molecule has 1 aromatic heterocycles. The van der Waals surface area contributed by atoms with E-state index in [0.29, 0.717) is 13.1 Å². The van der Waals surface area contributed by atoms with Gasteiger partial charge in [0.05, 0.1) is 12.8 Å². The Labute approximate surface area is 155 Å². The molecule has 2 heterocycles. The number of hydrogen-bond acceptors (Lipinski definition) is 4. The van der Waals surface area contributed by atoms with Crippen molar-refractivity contribution in [1.29, 1.82) is 0 Å². The van der Waals surface area contributed by atoms with Crippen molar-refractivity contribution >= 4 is 10.2 Å². The first kappa shape index (κ1) is 18.8. The van der Waals surface area contributed by atoms with Gasteiger partial charge in [0.25, 0.3) is 10.2 Å². The summed E-state index contributed by atoms with van der Waals surface area (Å²) in [6, 6.07) is 13.7. The quantitative estimate of drug-likeness (QED) is 0.806. The molecule has 0 saturated carbocycles. The predicted octanol–water partition coefficient (Wildman–Crippen LogP) is 2.74. The Bertz CT molecular complexity index is 851. The van der Waals surface area contributed by atoms with Gasteiger partial charge in [-0.3, -0.25) is 4.98 Å². The van der Waals surface area contributed by atoms with Crippen molar-refractivity contribution in [3.8, 4) is 17.0 Å². The Balaban J connectivity index is 1.83. The molecule has 6 nitrogen and oxygen atoms in total. The molecular formula is C19H25N3O3S. The molecule has 1 aliphatic rings. The van der Waals surface area contributed by atoms with Crippen LogP contribution in [0.2, 0.25) is 0 Å². The highest BCUT2D eigenvalue weighted by molar-refractivity contribution is 7.86. The summed E-state index contributed by atoms with van der Waals surface area (Å²) >= 11 is 0. The summed E-state index contributed by atoms with van der Waals surface area (Å²) in [4.78, 5) is 4.81. The maximum absolute atomic E-state index is 12.4. The zero-order chi connectivity index (χ0) is 18.7. The second kappa shape index (κ2) is 7.73. The van der Waals surface area contributed by atoms with E-state index in [-0.39, 0.29) is 5.92 Å². The molecule has 1 atom stereocenters. The van der Waals surface area contributed by atoms with Crippen molar-refractivity contribution in [2.75, 3.05) is 34.3 Å². The first-order chi connectivity index (χ1) is 12.4. The maximum atomic E-state index is 12.4. The zero-order valence-corrected chi connectivity index (χ0v) is 16.2. The van der Waals surface area contributed by atoms with Gasteiger partial charge in [0.2, 0.25) is 0 Å². The number of aromatic nitrogens is 1. The SMILES string of the molecule is COc1ccc(-c2cccc([C@@H]3CCCN(S(=O)(=O)N(C)C)C3)n2)cc1. The Kier molecular flexibility index (Phi) is 5.60. The van der Waals surface area contributed by atoms with E-state index in [2.05, 4.69) is 0 Å². The highest BCUT2D eigenvalue weighted by Gasteiger charge is 2.31. The van der Waals surface area contributed by atoms with E-state index in [4.69, 9.17) is 9.72 Å². The van der Waals surface area contributed by atoms with Crippen molar-refractivity contribution in [3.63, 3.8) is 0 Å². The Morgan fingerprint density at radius 2 is 1.88 bits per heavy atom. The monoisotopic (exact) mass is 375 g/mol. The zero-order valence-electron chi connectivity index (χ0n) is 15.4. The summed E-state index contributed by atoms with van der Waals surface area (Å²) in [5.41, 5.74) is 2.84. The van der Waals surface area contributed by atoms with Crippen LogP contribution in [0.4, 0.5) is 0 Å². The number of benzene rings is 1. The van der Waals surface area contributed by atoms with Gasteiger partial charge in [0.15, 0.2) is 0 Å². The molecule has 7 heteroatoms. The molecule has 0 bridgehead atoms. The van der Waals surface area contributed by atoms with Gasteiger partial charge in [0.1, 0.15) is 5.75 Å².